The molecule has 1 amide bonds. The normalized spacial score (nSPS) is 19.3. The third-order valence-electron chi connectivity index (χ3n) is 5.98. The number of hydrogen-bond donors (Lipinski definition) is 2. The lowest BCUT2D eigenvalue weighted by Crippen LogP contribution is -2.41. The summed E-state index contributed by atoms with van der Waals surface area (Å²) in [5, 5.41) is 0.0840. The Morgan fingerprint density at radius 2 is 1.85 bits per heavy atom. The van der Waals surface area contributed by atoms with E-state index in [0.717, 1.165) is 17.7 Å². The molecular formula is C24H20ClF3N2O3. The van der Waals surface area contributed by atoms with Crippen molar-refractivity contribution in [2.45, 2.75) is 25.1 Å². The highest BCUT2D eigenvalue weighted by Gasteiger charge is 2.48. The second kappa shape index (κ2) is 8.61. The maximum absolute atomic E-state index is 15.5. The standard InChI is InChI=1S/C24H20ClF3N2O3/c1-12-18-16(33-24(12,11-29)13-5-3-2-4-6-13)10-8-15(25)20(18)19-14(22(30)31)7-9-17(21(19)26)32-23(27)28/h2-10,12,23H,11,29H2,1H3,(H2,30,31). The number of hydrogen-bond acceptors (Lipinski definition) is 4. The van der Waals surface area contributed by atoms with Gasteiger partial charge in [0.2, 0.25) is 5.91 Å². The average Bonchev–Trinajstić information content (AvgIpc) is 3.08. The van der Waals surface area contributed by atoms with Crippen LogP contribution in [0.2, 0.25) is 5.02 Å². The number of benzene rings is 3. The van der Waals surface area contributed by atoms with Gasteiger partial charge in [0.05, 0.1) is 5.56 Å². The molecule has 0 radical (unpaired) electrons. The minimum absolute atomic E-state index is 0.0840. The van der Waals surface area contributed by atoms with Gasteiger partial charge in [0.25, 0.3) is 0 Å². The van der Waals surface area contributed by atoms with Crippen molar-refractivity contribution >= 4 is 17.5 Å². The van der Waals surface area contributed by atoms with Crippen LogP contribution in [0.4, 0.5) is 13.2 Å². The van der Waals surface area contributed by atoms with E-state index in [0.29, 0.717) is 11.3 Å². The van der Waals surface area contributed by atoms with Gasteiger partial charge in [-0.3, -0.25) is 4.79 Å². The van der Waals surface area contributed by atoms with E-state index < -0.39 is 35.6 Å². The average molecular weight is 477 g/mol. The topological polar surface area (TPSA) is 87.6 Å². The van der Waals surface area contributed by atoms with E-state index in [2.05, 4.69) is 4.74 Å². The van der Waals surface area contributed by atoms with Crippen molar-refractivity contribution in [3.8, 4) is 22.6 Å². The van der Waals surface area contributed by atoms with Gasteiger partial charge in [-0.05, 0) is 29.8 Å². The van der Waals surface area contributed by atoms with Crippen LogP contribution < -0.4 is 20.9 Å². The van der Waals surface area contributed by atoms with Crippen LogP contribution >= 0.6 is 11.6 Å². The number of nitrogens with two attached hydrogens (primary N) is 2. The van der Waals surface area contributed by atoms with Crippen molar-refractivity contribution in [2.24, 2.45) is 11.5 Å². The quantitative estimate of drug-likeness (QED) is 0.512. The molecular weight excluding hydrogens is 457 g/mol. The smallest absolute Gasteiger partial charge is 0.387 e. The molecule has 5 nitrogen and oxygen atoms in total. The number of rotatable bonds is 6. The molecule has 0 fully saturated rings. The van der Waals surface area contributed by atoms with Crippen LogP contribution in [0, 0.1) is 5.82 Å². The summed E-state index contributed by atoms with van der Waals surface area (Å²) < 4.78 is 51.8. The summed E-state index contributed by atoms with van der Waals surface area (Å²) in [5.41, 5.74) is 11.5. The van der Waals surface area contributed by atoms with Gasteiger partial charge in [0, 0.05) is 34.2 Å². The highest BCUT2D eigenvalue weighted by atomic mass is 35.5. The Kier molecular flexibility index (Phi) is 5.99. The number of halogens is 4. The van der Waals surface area contributed by atoms with E-state index in [1.54, 1.807) is 6.07 Å². The van der Waals surface area contributed by atoms with Crippen LogP contribution in [0.3, 0.4) is 0 Å². The lowest BCUT2D eigenvalue weighted by Gasteiger charge is -2.32. The summed E-state index contributed by atoms with van der Waals surface area (Å²) in [7, 11) is 0. The molecule has 9 heteroatoms. The second-order valence-corrected chi connectivity index (χ2v) is 8.07. The number of carbonyl (C=O) groups excluding carboxylic acids is 1. The largest absolute Gasteiger partial charge is 0.480 e. The fourth-order valence-electron chi connectivity index (χ4n) is 4.42. The molecule has 1 aliphatic heterocycles. The van der Waals surface area contributed by atoms with Gasteiger partial charge >= 0.3 is 6.61 Å². The molecule has 3 aromatic rings. The molecule has 3 aromatic carbocycles. The monoisotopic (exact) mass is 476 g/mol. The Hall–Kier alpha value is -3.23. The molecule has 172 valence electrons. The van der Waals surface area contributed by atoms with E-state index in [1.165, 1.54) is 6.07 Å². The van der Waals surface area contributed by atoms with Gasteiger partial charge in [-0.2, -0.15) is 8.78 Å². The first-order valence-electron chi connectivity index (χ1n) is 10.1. The SMILES string of the molecule is CC1c2c(ccc(Cl)c2-c2c(C(N)=O)ccc(OC(F)F)c2F)OC1(CN)c1ccccc1. The highest BCUT2D eigenvalue weighted by Crippen LogP contribution is 2.55. The maximum atomic E-state index is 15.5. The fourth-order valence-corrected chi connectivity index (χ4v) is 4.68. The zero-order valence-corrected chi connectivity index (χ0v) is 18.2. The first-order chi connectivity index (χ1) is 15.7. The van der Waals surface area contributed by atoms with Crippen LogP contribution in [0.25, 0.3) is 11.1 Å². The van der Waals surface area contributed by atoms with Crippen molar-refractivity contribution in [2.75, 3.05) is 6.54 Å². The third kappa shape index (κ3) is 3.69. The predicted octanol–water partition coefficient (Wildman–Crippen LogP) is 5.20. The lowest BCUT2D eigenvalue weighted by atomic mass is 9.77. The zero-order chi connectivity index (χ0) is 23.9. The molecule has 4 rings (SSSR count). The van der Waals surface area contributed by atoms with Crippen LogP contribution in [0.15, 0.2) is 54.6 Å². The van der Waals surface area contributed by atoms with Gasteiger partial charge in [-0.15, -0.1) is 0 Å². The van der Waals surface area contributed by atoms with Gasteiger partial charge in [0.1, 0.15) is 5.75 Å². The summed E-state index contributed by atoms with van der Waals surface area (Å²) in [4.78, 5) is 12.2. The number of carbonyl (C=O) groups is 1. The van der Waals surface area contributed by atoms with Gasteiger partial charge in [-0.1, -0.05) is 48.9 Å². The van der Waals surface area contributed by atoms with E-state index in [-0.39, 0.29) is 28.3 Å². The van der Waals surface area contributed by atoms with E-state index >= 15 is 4.39 Å². The molecule has 2 atom stereocenters. The van der Waals surface area contributed by atoms with E-state index in [1.807, 2.05) is 37.3 Å². The van der Waals surface area contributed by atoms with Crippen LogP contribution in [0.1, 0.15) is 34.3 Å². The minimum Gasteiger partial charge on any atom is -0.480 e. The first kappa shape index (κ1) is 22.9. The number of alkyl halides is 2. The van der Waals surface area contributed by atoms with Gasteiger partial charge in [-0.25, -0.2) is 4.39 Å². The zero-order valence-electron chi connectivity index (χ0n) is 17.4. The highest BCUT2D eigenvalue weighted by molar-refractivity contribution is 6.34. The Balaban J connectivity index is 2.00. The molecule has 0 aromatic heterocycles. The lowest BCUT2D eigenvalue weighted by molar-refractivity contribution is -0.0521. The first-order valence-corrected chi connectivity index (χ1v) is 10.4. The molecule has 0 bridgehead atoms. The van der Waals surface area contributed by atoms with Crippen molar-refractivity contribution < 1.29 is 27.4 Å². The fraction of sp³-hybridized carbons (Fsp3) is 0.208. The molecule has 0 spiro atoms. The molecule has 1 aliphatic rings. The molecule has 0 saturated heterocycles. The molecule has 0 saturated carbocycles. The predicted molar refractivity (Wildman–Crippen MR) is 118 cm³/mol. The van der Waals surface area contributed by atoms with Gasteiger partial charge in [0.15, 0.2) is 17.2 Å². The number of amides is 1. The Morgan fingerprint density at radius 3 is 2.45 bits per heavy atom. The Labute approximate surface area is 193 Å². The maximum Gasteiger partial charge on any atom is 0.387 e. The van der Waals surface area contributed by atoms with Crippen LogP contribution in [0.5, 0.6) is 11.5 Å². The second-order valence-electron chi connectivity index (χ2n) is 7.66. The number of fused-ring (bicyclic) bond motifs is 1. The molecule has 4 N–H and O–H groups in total. The summed E-state index contributed by atoms with van der Waals surface area (Å²) in [5.74, 6) is -2.95. The Bertz CT molecular complexity index is 1220. The minimum atomic E-state index is -3.27. The van der Waals surface area contributed by atoms with Crippen LogP contribution in [-0.2, 0) is 5.60 Å². The van der Waals surface area contributed by atoms with Gasteiger partial charge < -0.3 is 20.9 Å². The van der Waals surface area contributed by atoms with Crippen molar-refractivity contribution in [3.63, 3.8) is 0 Å². The summed E-state index contributed by atoms with van der Waals surface area (Å²) >= 11 is 6.50. The molecule has 33 heavy (non-hydrogen) atoms. The molecule has 0 aliphatic carbocycles. The summed E-state index contributed by atoms with van der Waals surface area (Å²) in [6.45, 7) is -1.34. The van der Waals surface area contributed by atoms with Crippen molar-refractivity contribution in [1.82, 2.24) is 0 Å². The van der Waals surface area contributed by atoms with E-state index in [4.69, 9.17) is 27.8 Å². The number of primary amides is 1. The molecule has 1 heterocycles. The van der Waals surface area contributed by atoms with E-state index in [9.17, 15) is 13.6 Å². The summed E-state index contributed by atoms with van der Waals surface area (Å²) in [6.07, 6.45) is 0. The Morgan fingerprint density at radius 1 is 1.15 bits per heavy atom. The molecule has 2 unspecified atom stereocenters. The number of ether oxygens (including phenoxy) is 2. The summed E-state index contributed by atoms with van der Waals surface area (Å²) in [6, 6.07) is 14.4. The van der Waals surface area contributed by atoms with Crippen molar-refractivity contribution in [3.05, 3.63) is 82.1 Å². The van der Waals surface area contributed by atoms with Crippen LogP contribution in [-0.4, -0.2) is 19.1 Å². The van der Waals surface area contributed by atoms with Crippen molar-refractivity contribution in [1.29, 1.82) is 0 Å². The third-order valence-corrected chi connectivity index (χ3v) is 6.30.